The second kappa shape index (κ2) is 7.37. The van der Waals surface area contributed by atoms with E-state index in [0.29, 0.717) is 32.6 Å². The van der Waals surface area contributed by atoms with Crippen molar-refractivity contribution in [1.82, 2.24) is 19.4 Å². The molecule has 0 spiro atoms. The molecule has 134 valence electrons. The summed E-state index contributed by atoms with van der Waals surface area (Å²) in [6.45, 7) is 3.71. The summed E-state index contributed by atoms with van der Waals surface area (Å²) >= 11 is 0. The molecule has 1 aromatic heterocycles. The Bertz CT molecular complexity index is 833. The van der Waals surface area contributed by atoms with Crippen molar-refractivity contribution in [2.45, 2.75) is 31.3 Å². The maximum atomic E-state index is 12.3. The Hall–Kier alpha value is -2.19. The number of benzene rings is 1. The SMILES string of the molecule is CC(=O)N1Cc2ccnn2CC(CCNS(=O)(=O)c2ccccc2)C1. The third kappa shape index (κ3) is 4.26. The normalized spacial score (nSPS) is 17.8. The van der Waals surface area contributed by atoms with E-state index in [4.69, 9.17) is 0 Å². The van der Waals surface area contributed by atoms with Gasteiger partial charge in [0, 0.05) is 32.8 Å². The molecular formula is C17H22N4O3S. The van der Waals surface area contributed by atoms with Crippen molar-refractivity contribution < 1.29 is 13.2 Å². The first-order valence-corrected chi connectivity index (χ1v) is 9.75. The van der Waals surface area contributed by atoms with Crippen LogP contribution in [0.4, 0.5) is 0 Å². The summed E-state index contributed by atoms with van der Waals surface area (Å²) in [6, 6.07) is 10.2. The number of aromatic nitrogens is 2. The van der Waals surface area contributed by atoms with Gasteiger partial charge in [-0.15, -0.1) is 0 Å². The van der Waals surface area contributed by atoms with Gasteiger partial charge < -0.3 is 4.90 Å². The maximum absolute atomic E-state index is 12.3. The van der Waals surface area contributed by atoms with Crippen LogP contribution in [0.25, 0.3) is 0 Å². The van der Waals surface area contributed by atoms with E-state index in [-0.39, 0.29) is 16.7 Å². The minimum absolute atomic E-state index is 0.0181. The van der Waals surface area contributed by atoms with Crippen LogP contribution in [-0.4, -0.2) is 42.1 Å². The Balaban J connectivity index is 1.63. The molecule has 8 heteroatoms. The summed E-state index contributed by atoms with van der Waals surface area (Å²) in [5, 5.41) is 4.31. The van der Waals surface area contributed by atoms with E-state index in [9.17, 15) is 13.2 Å². The van der Waals surface area contributed by atoms with Crippen LogP contribution in [0.3, 0.4) is 0 Å². The molecule has 0 saturated heterocycles. The molecule has 0 radical (unpaired) electrons. The summed E-state index contributed by atoms with van der Waals surface area (Å²) in [5.74, 6) is 0.160. The Labute approximate surface area is 147 Å². The van der Waals surface area contributed by atoms with Gasteiger partial charge in [0.15, 0.2) is 0 Å². The van der Waals surface area contributed by atoms with Gasteiger partial charge in [-0.1, -0.05) is 18.2 Å². The van der Waals surface area contributed by atoms with E-state index >= 15 is 0 Å². The van der Waals surface area contributed by atoms with Crippen molar-refractivity contribution in [2.24, 2.45) is 5.92 Å². The molecule has 25 heavy (non-hydrogen) atoms. The van der Waals surface area contributed by atoms with E-state index in [1.54, 1.807) is 48.4 Å². The average molecular weight is 362 g/mol. The summed E-state index contributed by atoms with van der Waals surface area (Å²) in [6.07, 6.45) is 2.36. The fourth-order valence-corrected chi connectivity index (χ4v) is 4.10. The number of amides is 1. The molecular weight excluding hydrogens is 340 g/mol. The number of fused-ring (bicyclic) bond motifs is 1. The van der Waals surface area contributed by atoms with E-state index in [2.05, 4.69) is 9.82 Å². The number of nitrogens with zero attached hydrogens (tertiary/aromatic N) is 3. The first kappa shape index (κ1) is 17.6. The highest BCUT2D eigenvalue weighted by Crippen LogP contribution is 2.18. The first-order chi connectivity index (χ1) is 12.0. The topological polar surface area (TPSA) is 84.3 Å². The monoisotopic (exact) mass is 362 g/mol. The van der Waals surface area contributed by atoms with Crippen LogP contribution in [0.1, 0.15) is 19.0 Å². The van der Waals surface area contributed by atoms with E-state index in [1.807, 2.05) is 10.7 Å². The number of carbonyl (C=O) groups is 1. The Morgan fingerprint density at radius 2 is 2.00 bits per heavy atom. The highest BCUT2D eigenvalue weighted by molar-refractivity contribution is 7.89. The van der Waals surface area contributed by atoms with Gasteiger partial charge in [0.05, 0.1) is 17.1 Å². The van der Waals surface area contributed by atoms with Crippen molar-refractivity contribution in [3.05, 3.63) is 48.3 Å². The fraction of sp³-hybridized carbons (Fsp3) is 0.412. The zero-order valence-corrected chi connectivity index (χ0v) is 14.9. The van der Waals surface area contributed by atoms with Crippen LogP contribution >= 0.6 is 0 Å². The molecule has 2 heterocycles. The van der Waals surface area contributed by atoms with Crippen LogP contribution in [-0.2, 0) is 27.9 Å². The first-order valence-electron chi connectivity index (χ1n) is 8.26. The zero-order chi connectivity index (χ0) is 17.9. The third-order valence-corrected chi connectivity index (χ3v) is 5.89. The molecule has 0 bridgehead atoms. The molecule has 0 aliphatic carbocycles. The van der Waals surface area contributed by atoms with Crippen LogP contribution < -0.4 is 4.72 Å². The zero-order valence-electron chi connectivity index (χ0n) is 14.1. The molecule has 0 fully saturated rings. The van der Waals surface area contributed by atoms with Crippen molar-refractivity contribution in [3.63, 3.8) is 0 Å². The lowest BCUT2D eigenvalue weighted by atomic mass is 10.1. The summed E-state index contributed by atoms with van der Waals surface area (Å²) in [7, 11) is -3.50. The molecule has 7 nitrogen and oxygen atoms in total. The summed E-state index contributed by atoms with van der Waals surface area (Å²) in [4.78, 5) is 13.9. The number of hydrogen-bond acceptors (Lipinski definition) is 4. The lowest BCUT2D eigenvalue weighted by molar-refractivity contribution is -0.130. The lowest BCUT2D eigenvalue weighted by Gasteiger charge is -2.22. The highest BCUT2D eigenvalue weighted by Gasteiger charge is 2.24. The minimum atomic E-state index is -3.50. The molecule has 1 N–H and O–H groups in total. The molecule has 0 saturated carbocycles. The van der Waals surface area contributed by atoms with E-state index in [0.717, 1.165) is 5.69 Å². The molecule has 1 atom stereocenters. The smallest absolute Gasteiger partial charge is 0.240 e. The highest BCUT2D eigenvalue weighted by atomic mass is 32.2. The van der Waals surface area contributed by atoms with E-state index in [1.165, 1.54) is 0 Å². The van der Waals surface area contributed by atoms with Gasteiger partial charge in [-0.3, -0.25) is 9.48 Å². The molecule has 1 aliphatic heterocycles. The Kier molecular flexibility index (Phi) is 5.19. The fourth-order valence-electron chi connectivity index (χ4n) is 3.04. The van der Waals surface area contributed by atoms with Crippen molar-refractivity contribution >= 4 is 15.9 Å². The van der Waals surface area contributed by atoms with Crippen molar-refractivity contribution in [1.29, 1.82) is 0 Å². The van der Waals surface area contributed by atoms with Crippen LogP contribution in [0.5, 0.6) is 0 Å². The number of hydrogen-bond donors (Lipinski definition) is 1. The largest absolute Gasteiger partial charge is 0.337 e. The van der Waals surface area contributed by atoms with Crippen LogP contribution in [0.2, 0.25) is 0 Å². The minimum Gasteiger partial charge on any atom is -0.337 e. The van der Waals surface area contributed by atoms with Gasteiger partial charge in [0.1, 0.15) is 0 Å². The average Bonchev–Trinajstić information content (AvgIpc) is 2.94. The van der Waals surface area contributed by atoms with Gasteiger partial charge in [0.25, 0.3) is 0 Å². The standard InChI is InChI=1S/C17H22N4O3S/c1-14(22)20-11-15(12-21-16(13-20)8-9-18-21)7-10-19-25(23,24)17-5-3-2-4-6-17/h2-6,8-9,15,19H,7,10-13H2,1H3. The van der Waals surface area contributed by atoms with Gasteiger partial charge in [-0.2, -0.15) is 5.10 Å². The molecule has 1 amide bonds. The summed E-state index contributed by atoms with van der Waals surface area (Å²) < 4.78 is 29.1. The molecule has 1 unspecified atom stereocenters. The molecule has 3 rings (SSSR count). The molecule has 2 aromatic rings. The predicted octanol–water partition coefficient (Wildman–Crippen LogP) is 1.23. The third-order valence-electron chi connectivity index (χ3n) is 4.41. The Morgan fingerprint density at radius 3 is 2.72 bits per heavy atom. The predicted molar refractivity (Wildman–Crippen MR) is 93.1 cm³/mol. The second-order valence-corrected chi connectivity index (χ2v) is 8.04. The quantitative estimate of drug-likeness (QED) is 0.867. The number of nitrogens with one attached hydrogen (secondary N) is 1. The number of carbonyl (C=O) groups excluding carboxylic acids is 1. The van der Waals surface area contributed by atoms with E-state index < -0.39 is 10.0 Å². The second-order valence-electron chi connectivity index (χ2n) is 6.27. The van der Waals surface area contributed by atoms with Crippen LogP contribution in [0, 0.1) is 5.92 Å². The van der Waals surface area contributed by atoms with Crippen molar-refractivity contribution in [2.75, 3.05) is 13.1 Å². The Morgan fingerprint density at radius 1 is 1.24 bits per heavy atom. The lowest BCUT2D eigenvalue weighted by Crippen LogP contribution is -2.34. The maximum Gasteiger partial charge on any atom is 0.240 e. The number of rotatable bonds is 5. The van der Waals surface area contributed by atoms with Crippen molar-refractivity contribution in [3.8, 4) is 0 Å². The number of sulfonamides is 1. The molecule has 1 aliphatic rings. The van der Waals surface area contributed by atoms with Gasteiger partial charge in [0.2, 0.25) is 15.9 Å². The van der Waals surface area contributed by atoms with Gasteiger partial charge >= 0.3 is 0 Å². The molecule has 1 aromatic carbocycles. The summed E-state index contributed by atoms with van der Waals surface area (Å²) in [5.41, 5.74) is 1.00. The van der Waals surface area contributed by atoms with Gasteiger partial charge in [-0.05, 0) is 30.5 Å². The van der Waals surface area contributed by atoms with Gasteiger partial charge in [-0.25, -0.2) is 13.1 Å². The van der Waals surface area contributed by atoms with Crippen LogP contribution in [0.15, 0.2) is 47.5 Å².